The van der Waals surface area contributed by atoms with E-state index >= 15 is 0 Å². The van der Waals surface area contributed by atoms with E-state index in [2.05, 4.69) is 28.2 Å². The number of piperazine rings is 1. The summed E-state index contributed by atoms with van der Waals surface area (Å²) in [7, 11) is -1.36. The number of hydrogen-bond donors (Lipinski definition) is 1. The number of aryl methyl sites for hydroxylation is 1. The van der Waals surface area contributed by atoms with Crippen molar-refractivity contribution in [3.8, 4) is 0 Å². The fourth-order valence-corrected chi connectivity index (χ4v) is 4.10. The van der Waals surface area contributed by atoms with Crippen LogP contribution in [0.25, 0.3) is 0 Å². The van der Waals surface area contributed by atoms with Gasteiger partial charge in [0.25, 0.3) is 5.91 Å². The van der Waals surface area contributed by atoms with Gasteiger partial charge in [0.05, 0.1) is 10.5 Å². The number of sulfone groups is 1. The summed E-state index contributed by atoms with van der Waals surface area (Å²) in [5, 5.41) is 2.85. The maximum Gasteiger partial charge on any atom is 0.256 e. The molecule has 2 aromatic carbocycles. The molecule has 7 heteroatoms. The summed E-state index contributed by atoms with van der Waals surface area (Å²) in [5.74, 6) is -0.425. The van der Waals surface area contributed by atoms with E-state index in [9.17, 15) is 13.2 Å². The molecule has 0 spiro atoms. The lowest BCUT2D eigenvalue weighted by Gasteiger charge is -2.34. The normalized spacial score (nSPS) is 15.6. The summed E-state index contributed by atoms with van der Waals surface area (Å²) in [6.45, 7) is 5.95. The number of carbonyl (C=O) groups is 1. The lowest BCUT2D eigenvalue weighted by molar-refractivity contribution is 0.102. The van der Waals surface area contributed by atoms with E-state index in [0.717, 1.165) is 43.7 Å². The Bertz CT molecular complexity index is 949. The monoisotopic (exact) mass is 387 g/mol. The van der Waals surface area contributed by atoms with E-state index < -0.39 is 15.7 Å². The molecule has 0 saturated carbocycles. The highest BCUT2D eigenvalue weighted by Gasteiger charge is 2.19. The minimum absolute atomic E-state index is 0.0363. The standard InChI is InChI=1S/C20H25N3O3S/c1-15-14-16(23-12-10-22(2)11-13-23)8-9-18(15)21-20(24)17-6-4-5-7-19(17)27(3,25)26/h4-9,14H,10-13H2,1-3H3,(H,21,24). The maximum atomic E-state index is 12.7. The van der Waals surface area contributed by atoms with E-state index in [1.807, 2.05) is 19.1 Å². The van der Waals surface area contributed by atoms with Gasteiger partial charge < -0.3 is 15.1 Å². The maximum absolute atomic E-state index is 12.7. The number of rotatable bonds is 4. The van der Waals surface area contributed by atoms with Gasteiger partial charge in [-0.1, -0.05) is 12.1 Å². The molecule has 1 heterocycles. The molecule has 0 aliphatic carbocycles. The molecular formula is C20H25N3O3S. The predicted molar refractivity (Wildman–Crippen MR) is 108 cm³/mol. The van der Waals surface area contributed by atoms with Crippen LogP contribution in [0.3, 0.4) is 0 Å². The van der Waals surface area contributed by atoms with Crippen molar-refractivity contribution in [1.29, 1.82) is 0 Å². The number of amides is 1. The fourth-order valence-electron chi connectivity index (χ4n) is 3.22. The zero-order valence-corrected chi connectivity index (χ0v) is 16.7. The fraction of sp³-hybridized carbons (Fsp3) is 0.350. The van der Waals surface area contributed by atoms with Crippen LogP contribution in [-0.2, 0) is 9.84 Å². The summed E-state index contributed by atoms with van der Waals surface area (Å²) < 4.78 is 23.9. The Morgan fingerprint density at radius 2 is 1.70 bits per heavy atom. The second kappa shape index (κ2) is 7.70. The topological polar surface area (TPSA) is 69.7 Å². The van der Waals surface area contributed by atoms with Crippen LogP contribution in [-0.4, -0.2) is 58.7 Å². The molecule has 0 atom stereocenters. The molecule has 1 aliphatic heterocycles. The van der Waals surface area contributed by atoms with Crippen LogP contribution in [0.5, 0.6) is 0 Å². The molecule has 0 aromatic heterocycles. The molecule has 0 radical (unpaired) electrons. The van der Waals surface area contributed by atoms with E-state index in [0.29, 0.717) is 5.69 Å². The van der Waals surface area contributed by atoms with Crippen LogP contribution in [0.1, 0.15) is 15.9 Å². The Hall–Kier alpha value is -2.38. The SMILES string of the molecule is Cc1cc(N2CCN(C)CC2)ccc1NC(=O)c1ccccc1S(C)(=O)=O. The Balaban J connectivity index is 1.80. The first-order chi connectivity index (χ1) is 12.8. The van der Waals surface area contributed by atoms with Crippen LogP contribution < -0.4 is 10.2 Å². The van der Waals surface area contributed by atoms with E-state index in [4.69, 9.17) is 0 Å². The highest BCUT2D eigenvalue weighted by atomic mass is 32.2. The van der Waals surface area contributed by atoms with Gasteiger partial charge in [-0.15, -0.1) is 0 Å². The van der Waals surface area contributed by atoms with Gasteiger partial charge in [0.15, 0.2) is 9.84 Å². The van der Waals surface area contributed by atoms with Crippen LogP contribution in [0.15, 0.2) is 47.4 Å². The van der Waals surface area contributed by atoms with Gasteiger partial charge in [-0.3, -0.25) is 4.79 Å². The number of nitrogens with zero attached hydrogens (tertiary/aromatic N) is 2. The highest BCUT2D eigenvalue weighted by molar-refractivity contribution is 7.90. The van der Waals surface area contributed by atoms with Crippen LogP contribution in [0.2, 0.25) is 0 Å². The van der Waals surface area contributed by atoms with Crippen molar-refractivity contribution < 1.29 is 13.2 Å². The van der Waals surface area contributed by atoms with Crippen molar-refractivity contribution in [3.63, 3.8) is 0 Å². The van der Waals surface area contributed by atoms with Gasteiger partial charge in [0.2, 0.25) is 0 Å². The Labute approximate surface area is 160 Å². The van der Waals surface area contributed by atoms with Crippen LogP contribution >= 0.6 is 0 Å². The van der Waals surface area contributed by atoms with Crippen molar-refractivity contribution >= 4 is 27.1 Å². The van der Waals surface area contributed by atoms with Gasteiger partial charge in [0, 0.05) is 43.8 Å². The molecule has 1 N–H and O–H groups in total. The number of nitrogens with one attached hydrogen (secondary N) is 1. The molecule has 1 fully saturated rings. The number of anilines is 2. The molecule has 0 bridgehead atoms. The summed E-state index contributed by atoms with van der Waals surface area (Å²) >= 11 is 0. The zero-order valence-electron chi connectivity index (χ0n) is 15.9. The molecule has 2 aromatic rings. The predicted octanol–water partition coefficient (Wildman–Crippen LogP) is 2.40. The number of carbonyl (C=O) groups excluding carboxylic acids is 1. The minimum atomic E-state index is -3.48. The largest absolute Gasteiger partial charge is 0.369 e. The lowest BCUT2D eigenvalue weighted by atomic mass is 10.1. The van der Waals surface area contributed by atoms with E-state index in [1.54, 1.807) is 12.1 Å². The third-order valence-electron chi connectivity index (χ3n) is 4.86. The smallest absolute Gasteiger partial charge is 0.256 e. The molecule has 1 aliphatic rings. The minimum Gasteiger partial charge on any atom is -0.369 e. The molecule has 27 heavy (non-hydrogen) atoms. The van der Waals surface area contributed by atoms with Gasteiger partial charge in [-0.25, -0.2) is 8.42 Å². The van der Waals surface area contributed by atoms with Crippen LogP contribution in [0.4, 0.5) is 11.4 Å². The van der Waals surface area contributed by atoms with Gasteiger partial charge in [-0.2, -0.15) is 0 Å². The second-order valence-electron chi connectivity index (χ2n) is 7.01. The number of hydrogen-bond acceptors (Lipinski definition) is 5. The molecule has 1 saturated heterocycles. The Morgan fingerprint density at radius 3 is 2.33 bits per heavy atom. The average Bonchev–Trinajstić information content (AvgIpc) is 2.63. The first-order valence-electron chi connectivity index (χ1n) is 8.90. The van der Waals surface area contributed by atoms with E-state index in [1.165, 1.54) is 12.1 Å². The molecule has 3 rings (SSSR count). The molecule has 6 nitrogen and oxygen atoms in total. The number of likely N-dealkylation sites (N-methyl/N-ethyl adjacent to an activating group) is 1. The summed E-state index contributed by atoms with van der Waals surface area (Å²) in [5.41, 5.74) is 2.91. The van der Waals surface area contributed by atoms with Crippen molar-refractivity contribution in [3.05, 3.63) is 53.6 Å². The highest BCUT2D eigenvalue weighted by Crippen LogP contribution is 2.25. The van der Waals surface area contributed by atoms with Crippen molar-refractivity contribution in [2.24, 2.45) is 0 Å². The van der Waals surface area contributed by atoms with Gasteiger partial charge >= 0.3 is 0 Å². The van der Waals surface area contributed by atoms with E-state index in [-0.39, 0.29) is 10.5 Å². The van der Waals surface area contributed by atoms with Crippen molar-refractivity contribution in [2.45, 2.75) is 11.8 Å². The zero-order chi connectivity index (χ0) is 19.6. The Morgan fingerprint density at radius 1 is 1.04 bits per heavy atom. The third-order valence-corrected chi connectivity index (χ3v) is 6.01. The second-order valence-corrected chi connectivity index (χ2v) is 9.00. The molecular weight excluding hydrogens is 362 g/mol. The quantitative estimate of drug-likeness (QED) is 0.872. The van der Waals surface area contributed by atoms with Gasteiger partial charge in [-0.05, 0) is 49.9 Å². The van der Waals surface area contributed by atoms with Crippen LogP contribution in [0, 0.1) is 6.92 Å². The summed E-state index contributed by atoms with van der Waals surface area (Å²) in [6.07, 6.45) is 1.11. The van der Waals surface area contributed by atoms with Crippen molar-refractivity contribution in [1.82, 2.24) is 4.90 Å². The molecule has 0 unspecified atom stereocenters. The summed E-state index contributed by atoms with van der Waals surface area (Å²) in [6, 6.07) is 12.2. The Kier molecular flexibility index (Phi) is 5.53. The molecule has 1 amide bonds. The number of benzene rings is 2. The average molecular weight is 388 g/mol. The molecule has 144 valence electrons. The first-order valence-corrected chi connectivity index (χ1v) is 10.8. The third kappa shape index (κ3) is 4.48. The van der Waals surface area contributed by atoms with Gasteiger partial charge in [0.1, 0.15) is 0 Å². The van der Waals surface area contributed by atoms with Crippen molar-refractivity contribution in [2.75, 3.05) is 49.7 Å². The summed E-state index contributed by atoms with van der Waals surface area (Å²) in [4.78, 5) is 17.3. The first kappa shape index (κ1) is 19.4. The lowest BCUT2D eigenvalue weighted by Crippen LogP contribution is -2.44.